The first kappa shape index (κ1) is 13.6. The number of rotatable bonds is 6. The van der Waals surface area contributed by atoms with Crippen molar-refractivity contribution in [2.24, 2.45) is 0 Å². The molecule has 0 spiro atoms. The average Bonchev–Trinajstić information content (AvgIpc) is 3.16. The standard InChI is InChI=1S/C14H21ClN2O/c1-10-8-16-13(11(2)14(10)18-3)9-17(7-6-15)12-4-5-12/h8,12H,4-7,9H2,1-3H3. The summed E-state index contributed by atoms with van der Waals surface area (Å²) in [6.07, 6.45) is 4.48. The molecule has 100 valence electrons. The summed E-state index contributed by atoms with van der Waals surface area (Å²) in [6.45, 7) is 5.92. The van der Waals surface area contributed by atoms with Gasteiger partial charge in [-0.25, -0.2) is 0 Å². The minimum absolute atomic E-state index is 0.679. The predicted molar refractivity (Wildman–Crippen MR) is 74.4 cm³/mol. The van der Waals surface area contributed by atoms with Crippen LogP contribution in [0.15, 0.2) is 6.20 Å². The lowest BCUT2D eigenvalue weighted by atomic mass is 10.1. The van der Waals surface area contributed by atoms with E-state index in [-0.39, 0.29) is 0 Å². The largest absolute Gasteiger partial charge is 0.496 e. The van der Waals surface area contributed by atoms with Crippen molar-refractivity contribution in [2.45, 2.75) is 39.3 Å². The van der Waals surface area contributed by atoms with Crippen LogP contribution in [0, 0.1) is 13.8 Å². The van der Waals surface area contributed by atoms with E-state index in [0.29, 0.717) is 11.9 Å². The molecule has 3 nitrogen and oxygen atoms in total. The smallest absolute Gasteiger partial charge is 0.128 e. The van der Waals surface area contributed by atoms with E-state index in [1.165, 1.54) is 12.8 Å². The summed E-state index contributed by atoms with van der Waals surface area (Å²) in [5.41, 5.74) is 3.35. The first-order chi connectivity index (χ1) is 8.67. The Morgan fingerprint density at radius 3 is 2.72 bits per heavy atom. The fourth-order valence-electron chi connectivity index (χ4n) is 2.36. The Labute approximate surface area is 114 Å². The van der Waals surface area contributed by atoms with Gasteiger partial charge in [-0.15, -0.1) is 11.6 Å². The Kier molecular flexibility index (Phi) is 4.46. The third-order valence-electron chi connectivity index (χ3n) is 3.54. The fraction of sp³-hybridized carbons (Fsp3) is 0.643. The molecule has 0 radical (unpaired) electrons. The zero-order valence-corrected chi connectivity index (χ0v) is 12.1. The Bertz CT molecular complexity index is 419. The van der Waals surface area contributed by atoms with Crippen molar-refractivity contribution in [1.82, 2.24) is 9.88 Å². The number of methoxy groups -OCH3 is 1. The number of aryl methyl sites for hydroxylation is 1. The molecular formula is C14H21ClN2O. The van der Waals surface area contributed by atoms with Gasteiger partial charge in [-0.1, -0.05) is 0 Å². The molecule has 0 amide bonds. The number of nitrogens with zero attached hydrogens (tertiary/aromatic N) is 2. The van der Waals surface area contributed by atoms with E-state index in [4.69, 9.17) is 16.3 Å². The molecule has 1 heterocycles. The van der Waals surface area contributed by atoms with Crippen molar-refractivity contribution in [1.29, 1.82) is 0 Å². The van der Waals surface area contributed by atoms with Crippen LogP contribution >= 0.6 is 11.6 Å². The van der Waals surface area contributed by atoms with Gasteiger partial charge in [0.2, 0.25) is 0 Å². The third-order valence-corrected chi connectivity index (χ3v) is 3.71. The molecule has 0 aliphatic heterocycles. The molecule has 0 aromatic carbocycles. The van der Waals surface area contributed by atoms with Gasteiger partial charge < -0.3 is 4.74 Å². The van der Waals surface area contributed by atoms with Crippen molar-refractivity contribution >= 4 is 11.6 Å². The highest BCUT2D eigenvalue weighted by atomic mass is 35.5. The monoisotopic (exact) mass is 268 g/mol. The predicted octanol–water partition coefficient (Wildman–Crippen LogP) is 2.91. The zero-order chi connectivity index (χ0) is 13.1. The summed E-state index contributed by atoms with van der Waals surface area (Å²) in [6, 6.07) is 0.706. The quantitative estimate of drug-likeness (QED) is 0.742. The number of ether oxygens (including phenoxy) is 1. The topological polar surface area (TPSA) is 25.4 Å². The van der Waals surface area contributed by atoms with Gasteiger partial charge in [0.1, 0.15) is 5.75 Å². The summed E-state index contributed by atoms with van der Waals surface area (Å²) in [4.78, 5) is 6.98. The average molecular weight is 269 g/mol. The minimum atomic E-state index is 0.679. The lowest BCUT2D eigenvalue weighted by Crippen LogP contribution is -2.28. The first-order valence-electron chi connectivity index (χ1n) is 6.46. The van der Waals surface area contributed by atoms with Crippen molar-refractivity contribution < 1.29 is 4.74 Å². The Morgan fingerprint density at radius 1 is 1.44 bits per heavy atom. The molecule has 0 unspecified atom stereocenters. The van der Waals surface area contributed by atoms with Crippen LogP contribution in [0.3, 0.4) is 0 Å². The number of pyridine rings is 1. The molecule has 1 aliphatic rings. The molecule has 1 aliphatic carbocycles. The number of halogens is 1. The molecule has 1 aromatic heterocycles. The van der Waals surface area contributed by atoms with E-state index in [2.05, 4.69) is 16.8 Å². The lowest BCUT2D eigenvalue weighted by Gasteiger charge is -2.22. The summed E-state index contributed by atoms with van der Waals surface area (Å²) >= 11 is 5.87. The van der Waals surface area contributed by atoms with Crippen LogP contribution in [-0.4, -0.2) is 35.5 Å². The minimum Gasteiger partial charge on any atom is -0.496 e. The van der Waals surface area contributed by atoms with Gasteiger partial charge in [-0.05, 0) is 26.7 Å². The number of aromatic nitrogens is 1. The van der Waals surface area contributed by atoms with E-state index in [1.807, 2.05) is 13.1 Å². The second-order valence-electron chi connectivity index (χ2n) is 4.94. The maximum Gasteiger partial charge on any atom is 0.128 e. The fourth-order valence-corrected chi connectivity index (χ4v) is 2.58. The number of hydrogen-bond donors (Lipinski definition) is 0. The maximum atomic E-state index is 5.87. The highest BCUT2D eigenvalue weighted by Crippen LogP contribution is 2.30. The van der Waals surface area contributed by atoms with E-state index < -0.39 is 0 Å². The van der Waals surface area contributed by atoms with Crippen LogP contribution < -0.4 is 4.74 Å². The molecule has 18 heavy (non-hydrogen) atoms. The third kappa shape index (κ3) is 2.96. The van der Waals surface area contributed by atoms with Crippen molar-refractivity contribution in [3.05, 3.63) is 23.0 Å². The van der Waals surface area contributed by atoms with Crippen LogP contribution in [0.25, 0.3) is 0 Å². The van der Waals surface area contributed by atoms with Gasteiger partial charge in [0, 0.05) is 42.3 Å². The van der Waals surface area contributed by atoms with Crippen molar-refractivity contribution in [2.75, 3.05) is 19.5 Å². The molecule has 4 heteroatoms. The summed E-state index contributed by atoms with van der Waals surface area (Å²) < 4.78 is 5.45. The molecule has 2 rings (SSSR count). The summed E-state index contributed by atoms with van der Waals surface area (Å²) in [7, 11) is 1.72. The van der Waals surface area contributed by atoms with Gasteiger partial charge in [-0.2, -0.15) is 0 Å². The van der Waals surface area contributed by atoms with E-state index >= 15 is 0 Å². The molecule has 0 saturated heterocycles. The molecule has 0 atom stereocenters. The maximum absolute atomic E-state index is 5.87. The Balaban J connectivity index is 2.17. The molecule has 1 fully saturated rings. The van der Waals surface area contributed by atoms with Gasteiger partial charge in [-0.3, -0.25) is 9.88 Å². The van der Waals surface area contributed by atoms with Gasteiger partial charge in [0.05, 0.1) is 12.8 Å². The number of hydrogen-bond acceptors (Lipinski definition) is 3. The summed E-state index contributed by atoms with van der Waals surface area (Å²) in [5, 5.41) is 0. The lowest BCUT2D eigenvalue weighted by molar-refractivity contribution is 0.266. The van der Waals surface area contributed by atoms with Gasteiger partial charge in [0.25, 0.3) is 0 Å². The zero-order valence-electron chi connectivity index (χ0n) is 11.4. The normalized spacial score (nSPS) is 15.2. The second kappa shape index (κ2) is 5.89. The number of alkyl halides is 1. The van der Waals surface area contributed by atoms with Crippen LogP contribution in [0.1, 0.15) is 29.7 Å². The molecule has 1 saturated carbocycles. The van der Waals surface area contributed by atoms with Crippen LogP contribution in [-0.2, 0) is 6.54 Å². The SMILES string of the molecule is COc1c(C)cnc(CN(CCCl)C2CC2)c1C. The van der Waals surface area contributed by atoms with Gasteiger partial charge in [0.15, 0.2) is 0 Å². The van der Waals surface area contributed by atoms with Crippen molar-refractivity contribution in [3.8, 4) is 5.75 Å². The Hall–Kier alpha value is -0.800. The van der Waals surface area contributed by atoms with Crippen LogP contribution in [0.4, 0.5) is 0 Å². The van der Waals surface area contributed by atoms with E-state index in [1.54, 1.807) is 7.11 Å². The highest BCUT2D eigenvalue weighted by Gasteiger charge is 2.29. The van der Waals surface area contributed by atoms with E-state index in [9.17, 15) is 0 Å². The van der Waals surface area contributed by atoms with E-state index in [0.717, 1.165) is 35.7 Å². The first-order valence-corrected chi connectivity index (χ1v) is 7.00. The van der Waals surface area contributed by atoms with Crippen LogP contribution in [0.2, 0.25) is 0 Å². The van der Waals surface area contributed by atoms with Crippen LogP contribution in [0.5, 0.6) is 5.75 Å². The molecule has 0 N–H and O–H groups in total. The Morgan fingerprint density at radius 2 is 2.17 bits per heavy atom. The summed E-state index contributed by atoms with van der Waals surface area (Å²) in [5.74, 6) is 1.64. The van der Waals surface area contributed by atoms with Gasteiger partial charge >= 0.3 is 0 Å². The second-order valence-corrected chi connectivity index (χ2v) is 5.31. The molecule has 1 aromatic rings. The molecule has 0 bridgehead atoms. The highest BCUT2D eigenvalue weighted by molar-refractivity contribution is 6.18. The molecular weight excluding hydrogens is 248 g/mol. The van der Waals surface area contributed by atoms with Crippen molar-refractivity contribution in [3.63, 3.8) is 0 Å².